The Hall–Kier alpha value is -1.35. The van der Waals surface area contributed by atoms with Gasteiger partial charge in [0.2, 0.25) is 0 Å². The second kappa shape index (κ2) is 7.88. The van der Waals surface area contributed by atoms with Crippen LogP contribution in [0.2, 0.25) is 0 Å². The molecule has 0 atom stereocenters. The number of hydrogen-bond donors (Lipinski definition) is 2. The average molecular weight is 248 g/mol. The minimum atomic E-state index is 0.0121. The molecule has 0 aliphatic carbocycles. The smallest absolute Gasteiger partial charge is 0.251 e. The summed E-state index contributed by atoms with van der Waals surface area (Å²) in [6.45, 7) is 5.78. The molecule has 3 heteroatoms. The monoisotopic (exact) mass is 248 g/mol. The Bertz CT molecular complexity index is 357. The third-order valence-corrected chi connectivity index (χ3v) is 2.89. The van der Waals surface area contributed by atoms with Gasteiger partial charge in [0.1, 0.15) is 0 Å². The number of carbonyl (C=O) groups is 1. The molecule has 0 bridgehead atoms. The zero-order valence-electron chi connectivity index (χ0n) is 11.4. The topological polar surface area (TPSA) is 55.1 Å². The van der Waals surface area contributed by atoms with Gasteiger partial charge in [0, 0.05) is 12.1 Å². The van der Waals surface area contributed by atoms with E-state index in [9.17, 15) is 4.79 Å². The van der Waals surface area contributed by atoms with Gasteiger partial charge in [-0.1, -0.05) is 26.0 Å². The quantitative estimate of drug-likeness (QED) is 0.728. The number of nitrogens with two attached hydrogens (primary N) is 1. The van der Waals surface area contributed by atoms with Crippen LogP contribution in [0.1, 0.15) is 42.6 Å². The molecule has 1 aromatic rings. The van der Waals surface area contributed by atoms with Crippen molar-refractivity contribution >= 4 is 5.91 Å². The molecule has 0 unspecified atom stereocenters. The normalized spacial score (nSPS) is 10.7. The molecular formula is C15H24N2O. The van der Waals surface area contributed by atoms with Gasteiger partial charge in [0.15, 0.2) is 0 Å². The van der Waals surface area contributed by atoms with Gasteiger partial charge < -0.3 is 11.1 Å². The summed E-state index contributed by atoms with van der Waals surface area (Å²) in [5.74, 6) is 0.704. The van der Waals surface area contributed by atoms with Crippen molar-refractivity contribution in [2.75, 3.05) is 13.1 Å². The fourth-order valence-corrected chi connectivity index (χ4v) is 1.80. The molecule has 0 aliphatic rings. The van der Waals surface area contributed by atoms with E-state index in [2.05, 4.69) is 19.2 Å². The first-order valence-electron chi connectivity index (χ1n) is 6.70. The lowest BCUT2D eigenvalue weighted by molar-refractivity contribution is 0.0952. The molecular weight excluding hydrogens is 224 g/mol. The summed E-state index contributed by atoms with van der Waals surface area (Å²) >= 11 is 0. The molecule has 0 saturated heterocycles. The molecule has 100 valence electrons. The Morgan fingerprint density at radius 3 is 2.50 bits per heavy atom. The van der Waals surface area contributed by atoms with E-state index in [1.165, 1.54) is 5.56 Å². The fraction of sp³-hybridized carbons (Fsp3) is 0.533. The van der Waals surface area contributed by atoms with Crippen LogP contribution in [-0.4, -0.2) is 19.0 Å². The van der Waals surface area contributed by atoms with Crippen molar-refractivity contribution in [3.63, 3.8) is 0 Å². The molecule has 3 nitrogen and oxygen atoms in total. The number of carbonyl (C=O) groups excluding carboxylic acids is 1. The standard InChI is InChI=1S/C15H24N2O/c1-12(2)4-3-11-17-15(18)14-7-5-13(6-8-14)9-10-16/h5-8,12H,3-4,9-11,16H2,1-2H3,(H,17,18). The van der Waals surface area contributed by atoms with Gasteiger partial charge in [0.25, 0.3) is 5.91 Å². The molecule has 0 spiro atoms. The highest BCUT2D eigenvalue weighted by Gasteiger charge is 2.04. The lowest BCUT2D eigenvalue weighted by Crippen LogP contribution is -2.24. The van der Waals surface area contributed by atoms with E-state index in [4.69, 9.17) is 5.73 Å². The van der Waals surface area contributed by atoms with Crippen LogP contribution in [0.15, 0.2) is 24.3 Å². The maximum Gasteiger partial charge on any atom is 0.251 e. The van der Waals surface area contributed by atoms with Gasteiger partial charge >= 0.3 is 0 Å². The van der Waals surface area contributed by atoms with Crippen molar-refractivity contribution < 1.29 is 4.79 Å². The average Bonchev–Trinajstić information content (AvgIpc) is 2.35. The minimum Gasteiger partial charge on any atom is -0.352 e. The van der Waals surface area contributed by atoms with E-state index < -0.39 is 0 Å². The zero-order chi connectivity index (χ0) is 13.4. The van der Waals surface area contributed by atoms with Gasteiger partial charge in [-0.3, -0.25) is 4.79 Å². The molecule has 0 saturated carbocycles. The van der Waals surface area contributed by atoms with Crippen LogP contribution < -0.4 is 11.1 Å². The Balaban J connectivity index is 2.37. The Morgan fingerprint density at radius 2 is 1.94 bits per heavy atom. The van der Waals surface area contributed by atoms with E-state index >= 15 is 0 Å². The number of hydrogen-bond acceptors (Lipinski definition) is 2. The highest BCUT2D eigenvalue weighted by molar-refractivity contribution is 5.94. The zero-order valence-corrected chi connectivity index (χ0v) is 11.4. The predicted molar refractivity (Wildman–Crippen MR) is 75.6 cm³/mol. The van der Waals surface area contributed by atoms with Crippen molar-refractivity contribution in [2.45, 2.75) is 33.1 Å². The summed E-state index contributed by atoms with van der Waals surface area (Å²) in [6, 6.07) is 7.66. The van der Waals surface area contributed by atoms with Crippen LogP contribution in [0.4, 0.5) is 0 Å². The summed E-state index contributed by atoms with van der Waals surface area (Å²) in [6.07, 6.45) is 3.04. The van der Waals surface area contributed by atoms with Crippen LogP contribution in [0.3, 0.4) is 0 Å². The highest BCUT2D eigenvalue weighted by Crippen LogP contribution is 2.05. The number of benzene rings is 1. The van der Waals surface area contributed by atoms with Crippen LogP contribution in [0.25, 0.3) is 0 Å². The van der Waals surface area contributed by atoms with Crippen LogP contribution in [0.5, 0.6) is 0 Å². The van der Waals surface area contributed by atoms with E-state index in [0.717, 1.165) is 31.4 Å². The third-order valence-electron chi connectivity index (χ3n) is 2.89. The Morgan fingerprint density at radius 1 is 1.28 bits per heavy atom. The van der Waals surface area contributed by atoms with E-state index in [1.54, 1.807) is 0 Å². The SMILES string of the molecule is CC(C)CCCNC(=O)c1ccc(CCN)cc1. The molecule has 0 fully saturated rings. The van der Waals surface area contributed by atoms with E-state index in [-0.39, 0.29) is 5.91 Å². The van der Waals surface area contributed by atoms with Crippen LogP contribution in [0, 0.1) is 5.92 Å². The predicted octanol–water partition coefficient (Wildman–Crippen LogP) is 2.35. The summed E-state index contributed by atoms with van der Waals surface area (Å²) in [5.41, 5.74) is 7.38. The molecule has 0 aliphatic heterocycles. The highest BCUT2D eigenvalue weighted by atomic mass is 16.1. The maximum absolute atomic E-state index is 11.8. The molecule has 1 rings (SSSR count). The molecule has 1 amide bonds. The van der Waals surface area contributed by atoms with Gasteiger partial charge in [0.05, 0.1) is 0 Å². The maximum atomic E-state index is 11.8. The Kier molecular flexibility index (Phi) is 6.44. The van der Waals surface area contributed by atoms with Crippen molar-refractivity contribution in [3.8, 4) is 0 Å². The van der Waals surface area contributed by atoms with E-state index in [1.807, 2.05) is 24.3 Å². The van der Waals surface area contributed by atoms with Crippen molar-refractivity contribution in [1.29, 1.82) is 0 Å². The number of rotatable bonds is 7. The number of amides is 1. The van der Waals surface area contributed by atoms with Crippen LogP contribution in [-0.2, 0) is 6.42 Å². The number of nitrogens with one attached hydrogen (secondary N) is 1. The van der Waals surface area contributed by atoms with Crippen molar-refractivity contribution in [1.82, 2.24) is 5.32 Å². The van der Waals surface area contributed by atoms with E-state index in [0.29, 0.717) is 12.5 Å². The van der Waals surface area contributed by atoms with Crippen molar-refractivity contribution in [2.24, 2.45) is 11.7 Å². The van der Waals surface area contributed by atoms with Gasteiger partial charge in [-0.05, 0) is 49.4 Å². The molecule has 3 N–H and O–H groups in total. The summed E-state index contributed by atoms with van der Waals surface area (Å²) in [5, 5.41) is 2.94. The second-order valence-corrected chi connectivity index (χ2v) is 5.03. The lowest BCUT2D eigenvalue weighted by atomic mass is 10.1. The summed E-state index contributed by atoms with van der Waals surface area (Å²) in [4.78, 5) is 11.8. The lowest BCUT2D eigenvalue weighted by Gasteiger charge is -2.07. The van der Waals surface area contributed by atoms with Gasteiger partial charge in [-0.2, -0.15) is 0 Å². The Labute approximate surface area is 110 Å². The summed E-state index contributed by atoms with van der Waals surface area (Å²) in [7, 11) is 0. The molecule has 18 heavy (non-hydrogen) atoms. The molecule has 1 aromatic carbocycles. The van der Waals surface area contributed by atoms with Crippen LogP contribution >= 0.6 is 0 Å². The van der Waals surface area contributed by atoms with Crippen molar-refractivity contribution in [3.05, 3.63) is 35.4 Å². The fourth-order valence-electron chi connectivity index (χ4n) is 1.80. The molecule has 0 radical (unpaired) electrons. The first-order chi connectivity index (χ1) is 8.63. The first kappa shape index (κ1) is 14.7. The largest absolute Gasteiger partial charge is 0.352 e. The van der Waals surface area contributed by atoms with Gasteiger partial charge in [-0.25, -0.2) is 0 Å². The first-order valence-corrected chi connectivity index (χ1v) is 6.70. The summed E-state index contributed by atoms with van der Waals surface area (Å²) < 4.78 is 0. The molecule has 0 heterocycles. The third kappa shape index (κ3) is 5.32. The molecule has 0 aromatic heterocycles. The minimum absolute atomic E-state index is 0.0121. The van der Waals surface area contributed by atoms with Gasteiger partial charge in [-0.15, -0.1) is 0 Å². The second-order valence-electron chi connectivity index (χ2n) is 5.03.